The van der Waals surface area contributed by atoms with Crippen molar-refractivity contribution in [3.8, 4) is 22.7 Å². The summed E-state index contributed by atoms with van der Waals surface area (Å²) >= 11 is 0. The minimum Gasteiger partial charge on any atom is -0.497 e. The number of ether oxygens (including phenoxy) is 2. The number of carbonyl (C=O) groups is 2. The molecular formula is C28H35N3O4. The summed E-state index contributed by atoms with van der Waals surface area (Å²) in [5.41, 5.74) is 3.08. The summed E-state index contributed by atoms with van der Waals surface area (Å²) in [6.07, 6.45) is 4.51. The Hall–Kier alpha value is -3.61. The Labute approximate surface area is 207 Å². The predicted molar refractivity (Wildman–Crippen MR) is 137 cm³/mol. The van der Waals surface area contributed by atoms with Gasteiger partial charge >= 0.3 is 5.97 Å². The highest BCUT2D eigenvalue weighted by molar-refractivity contribution is 5.94. The van der Waals surface area contributed by atoms with Crippen LogP contribution < -0.4 is 10.1 Å². The summed E-state index contributed by atoms with van der Waals surface area (Å²) in [6, 6.07) is 16.5. The highest BCUT2D eigenvalue weighted by atomic mass is 16.5. The average Bonchev–Trinajstić information content (AvgIpc) is 3.35. The summed E-state index contributed by atoms with van der Waals surface area (Å²) in [7, 11) is 1.61. The zero-order valence-electron chi connectivity index (χ0n) is 21.0. The molecule has 186 valence electrons. The van der Waals surface area contributed by atoms with Crippen molar-refractivity contribution in [1.82, 2.24) is 15.1 Å². The van der Waals surface area contributed by atoms with Crippen molar-refractivity contribution in [3.63, 3.8) is 0 Å². The van der Waals surface area contributed by atoms with E-state index in [4.69, 9.17) is 9.47 Å². The molecule has 0 bridgehead atoms. The first-order valence-corrected chi connectivity index (χ1v) is 12.3. The lowest BCUT2D eigenvalue weighted by Crippen LogP contribution is -2.29. The summed E-state index contributed by atoms with van der Waals surface area (Å²) in [5, 5.41) is 7.57. The molecule has 7 nitrogen and oxygen atoms in total. The number of unbranched alkanes of at least 4 members (excludes halogenated alkanes) is 1. The smallest absolute Gasteiger partial charge is 0.358 e. The lowest BCUT2D eigenvalue weighted by Gasteiger charge is -2.15. The van der Waals surface area contributed by atoms with Crippen LogP contribution in [0.15, 0.2) is 54.6 Å². The number of hydrogen-bond donors (Lipinski definition) is 1. The zero-order chi connectivity index (χ0) is 25.2. The fourth-order valence-electron chi connectivity index (χ4n) is 3.91. The summed E-state index contributed by atoms with van der Waals surface area (Å²) in [5.74, 6) is 0.616. The monoisotopic (exact) mass is 477 g/mol. The third-order valence-electron chi connectivity index (χ3n) is 6.03. The second kappa shape index (κ2) is 12.7. The molecule has 3 aromatic rings. The first-order chi connectivity index (χ1) is 17.0. The van der Waals surface area contributed by atoms with E-state index in [1.165, 1.54) is 6.42 Å². The van der Waals surface area contributed by atoms with Crippen LogP contribution in [0.25, 0.3) is 16.9 Å². The van der Waals surface area contributed by atoms with E-state index in [1.807, 2.05) is 36.4 Å². The maximum Gasteiger partial charge on any atom is 0.358 e. The minimum atomic E-state index is -0.486. The third kappa shape index (κ3) is 6.72. The number of hydrogen-bond acceptors (Lipinski definition) is 5. The van der Waals surface area contributed by atoms with Gasteiger partial charge in [0, 0.05) is 17.7 Å². The fraction of sp³-hybridized carbons (Fsp3) is 0.393. The number of esters is 1. The van der Waals surface area contributed by atoms with Gasteiger partial charge in [0.25, 0.3) is 5.91 Å². The largest absolute Gasteiger partial charge is 0.497 e. The topological polar surface area (TPSA) is 82.5 Å². The van der Waals surface area contributed by atoms with Crippen LogP contribution in [0.5, 0.6) is 5.75 Å². The number of methoxy groups -OCH3 is 1. The predicted octanol–water partition coefficient (Wildman–Crippen LogP) is 5.67. The van der Waals surface area contributed by atoms with Crippen LogP contribution >= 0.6 is 0 Å². The third-order valence-corrected chi connectivity index (χ3v) is 6.03. The van der Waals surface area contributed by atoms with Gasteiger partial charge in [-0.3, -0.25) is 4.79 Å². The maximum atomic E-state index is 12.7. The Morgan fingerprint density at radius 1 is 1.06 bits per heavy atom. The van der Waals surface area contributed by atoms with Crippen LogP contribution in [0, 0.1) is 5.92 Å². The van der Waals surface area contributed by atoms with Crippen molar-refractivity contribution < 1.29 is 19.1 Å². The SMILES string of the molecule is CCCCC(CC)CNC(=O)c1ccc(-n2nc(C(=O)OCC)cc2-c2cccc(OC)c2)cc1. The van der Waals surface area contributed by atoms with E-state index in [0.717, 1.165) is 30.5 Å². The van der Waals surface area contributed by atoms with Gasteiger partial charge in [0.15, 0.2) is 5.69 Å². The van der Waals surface area contributed by atoms with E-state index in [9.17, 15) is 9.59 Å². The quantitative estimate of drug-likeness (QED) is 0.340. The Kier molecular flexibility index (Phi) is 9.47. The highest BCUT2D eigenvalue weighted by Crippen LogP contribution is 2.27. The van der Waals surface area contributed by atoms with Gasteiger partial charge in [-0.2, -0.15) is 5.10 Å². The van der Waals surface area contributed by atoms with Crippen molar-refractivity contribution in [2.24, 2.45) is 5.92 Å². The molecular weight excluding hydrogens is 442 g/mol. The highest BCUT2D eigenvalue weighted by Gasteiger charge is 2.18. The van der Waals surface area contributed by atoms with E-state index in [2.05, 4.69) is 24.3 Å². The number of nitrogens with zero attached hydrogens (tertiary/aromatic N) is 2. The lowest BCUT2D eigenvalue weighted by atomic mass is 9.99. The first kappa shape index (κ1) is 26.0. The van der Waals surface area contributed by atoms with E-state index < -0.39 is 5.97 Å². The normalized spacial score (nSPS) is 11.7. The van der Waals surface area contributed by atoms with Crippen LogP contribution in [0.2, 0.25) is 0 Å². The maximum absolute atomic E-state index is 12.7. The molecule has 0 aliphatic rings. The zero-order valence-corrected chi connectivity index (χ0v) is 21.0. The molecule has 0 aliphatic heterocycles. The summed E-state index contributed by atoms with van der Waals surface area (Å²) in [4.78, 5) is 25.1. The fourth-order valence-corrected chi connectivity index (χ4v) is 3.91. The molecule has 0 aliphatic carbocycles. The van der Waals surface area contributed by atoms with Crippen molar-refractivity contribution in [2.75, 3.05) is 20.3 Å². The molecule has 0 fully saturated rings. The number of nitrogens with one attached hydrogen (secondary N) is 1. The van der Waals surface area contributed by atoms with Crippen LogP contribution in [0.3, 0.4) is 0 Å². The molecule has 1 heterocycles. The molecule has 0 saturated carbocycles. The van der Waals surface area contributed by atoms with Gasteiger partial charge in [-0.05, 0) is 61.7 Å². The molecule has 0 spiro atoms. The number of amides is 1. The van der Waals surface area contributed by atoms with Crippen molar-refractivity contribution in [3.05, 3.63) is 65.9 Å². The molecule has 35 heavy (non-hydrogen) atoms. The van der Waals surface area contributed by atoms with Gasteiger partial charge in [0.2, 0.25) is 0 Å². The second-order valence-electron chi connectivity index (χ2n) is 8.45. The minimum absolute atomic E-state index is 0.0906. The second-order valence-corrected chi connectivity index (χ2v) is 8.45. The van der Waals surface area contributed by atoms with E-state index in [0.29, 0.717) is 29.5 Å². The van der Waals surface area contributed by atoms with Gasteiger partial charge in [-0.25, -0.2) is 9.48 Å². The number of carbonyl (C=O) groups excluding carboxylic acids is 2. The molecule has 2 aromatic carbocycles. The molecule has 1 aromatic heterocycles. The molecule has 1 amide bonds. The molecule has 1 atom stereocenters. The molecule has 0 radical (unpaired) electrons. The molecule has 1 unspecified atom stereocenters. The van der Waals surface area contributed by atoms with Crippen molar-refractivity contribution >= 4 is 11.9 Å². The Balaban J connectivity index is 1.85. The number of rotatable bonds is 12. The van der Waals surface area contributed by atoms with Crippen LogP contribution in [-0.2, 0) is 4.74 Å². The molecule has 7 heteroatoms. The van der Waals surface area contributed by atoms with Crippen molar-refractivity contribution in [1.29, 1.82) is 0 Å². The Morgan fingerprint density at radius 3 is 2.49 bits per heavy atom. The average molecular weight is 478 g/mol. The summed E-state index contributed by atoms with van der Waals surface area (Å²) < 4.78 is 12.2. The van der Waals surface area contributed by atoms with E-state index in [1.54, 1.807) is 36.9 Å². The van der Waals surface area contributed by atoms with Gasteiger partial charge in [-0.15, -0.1) is 0 Å². The van der Waals surface area contributed by atoms with Gasteiger partial charge in [0.1, 0.15) is 5.75 Å². The van der Waals surface area contributed by atoms with Crippen molar-refractivity contribution in [2.45, 2.75) is 46.5 Å². The van der Waals surface area contributed by atoms with E-state index >= 15 is 0 Å². The Bertz CT molecular complexity index is 1120. The number of aromatic nitrogens is 2. The van der Waals surface area contributed by atoms with Gasteiger partial charge in [-0.1, -0.05) is 45.2 Å². The Morgan fingerprint density at radius 2 is 1.83 bits per heavy atom. The van der Waals surface area contributed by atoms with Gasteiger partial charge < -0.3 is 14.8 Å². The molecule has 1 N–H and O–H groups in total. The standard InChI is InChI=1S/C28H35N3O4/c1-5-8-10-20(6-2)19-29-27(32)21-13-15-23(16-14-21)31-26(18-25(30-31)28(33)35-7-3)22-11-9-12-24(17-22)34-4/h9,11-18,20H,5-8,10,19H2,1-4H3,(H,29,32). The van der Waals surface area contributed by atoms with Crippen LogP contribution in [0.4, 0.5) is 0 Å². The number of benzene rings is 2. The first-order valence-electron chi connectivity index (χ1n) is 12.3. The molecule has 3 rings (SSSR count). The van der Waals surface area contributed by atoms with Gasteiger partial charge in [0.05, 0.1) is 25.1 Å². The van der Waals surface area contributed by atoms with Crippen LogP contribution in [-0.4, -0.2) is 41.9 Å². The summed E-state index contributed by atoms with van der Waals surface area (Å²) in [6.45, 7) is 7.05. The van der Waals surface area contributed by atoms with Crippen LogP contribution in [0.1, 0.15) is 67.3 Å². The van der Waals surface area contributed by atoms with E-state index in [-0.39, 0.29) is 18.2 Å². The lowest BCUT2D eigenvalue weighted by molar-refractivity contribution is 0.0518. The molecule has 0 saturated heterocycles.